The Kier molecular flexibility index (Phi) is 2.40. The van der Waals surface area contributed by atoms with Crippen molar-refractivity contribution in [3.05, 3.63) is 46.9 Å². The topological polar surface area (TPSA) is 70.9 Å². The lowest BCUT2D eigenvalue weighted by Gasteiger charge is -2.22. The number of rotatable bonds is 1. The molecule has 0 saturated heterocycles. The van der Waals surface area contributed by atoms with E-state index in [-0.39, 0.29) is 6.04 Å². The number of hydrogen-bond acceptors (Lipinski definition) is 4. The van der Waals surface area contributed by atoms with Crippen LogP contribution < -0.4 is 5.32 Å². The number of imidazole rings is 1. The zero-order chi connectivity index (χ0) is 13.7. The molecule has 20 heavy (non-hydrogen) atoms. The predicted octanol–water partition coefficient (Wildman–Crippen LogP) is 1.30. The van der Waals surface area contributed by atoms with Gasteiger partial charge in [0, 0.05) is 35.6 Å². The largest absolute Gasteiger partial charge is 0.348 e. The van der Waals surface area contributed by atoms with Gasteiger partial charge in [-0.1, -0.05) is 0 Å². The summed E-state index contributed by atoms with van der Waals surface area (Å²) in [6.07, 6.45) is 4.65. The molecule has 6 heteroatoms. The normalized spacial score (nSPS) is 18.4. The number of fused-ring (bicyclic) bond motifs is 2. The number of nitrogens with one attached hydrogen (secondary N) is 2. The summed E-state index contributed by atoms with van der Waals surface area (Å²) in [6, 6.07) is 2.11. The molecule has 102 valence electrons. The van der Waals surface area contributed by atoms with E-state index in [1.807, 2.05) is 30.6 Å². The number of aryl methyl sites for hydroxylation is 2. The number of aromatic amines is 1. The Morgan fingerprint density at radius 3 is 3.15 bits per heavy atom. The van der Waals surface area contributed by atoms with Crippen LogP contribution in [0.15, 0.2) is 18.6 Å². The monoisotopic (exact) mass is 268 g/mol. The van der Waals surface area contributed by atoms with E-state index >= 15 is 0 Å². The van der Waals surface area contributed by atoms with Crippen LogP contribution in [0.3, 0.4) is 0 Å². The van der Waals surface area contributed by atoms with Gasteiger partial charge in [0.15, 0.2) is 5.65 Å². The average Bonchev–Trinajstić information content (AvgIpc) is 3.03. The highest BCUT2D eigenvalue weighted by molar-refractivity contribution is 5.52. The fraction of sp³-hybridized carbons (Fsp3) is 0.357. The first-order valence-electron chi connectivity index (χ1n) is 6.81. The highest BCUT2D eigenvalue weighted by Gasteiger charge is 2.27. The Labute approximate surface area is 116 Å². The molecule has 0 bridgehead atoms. The van der Waals surface area contributed by atoms with Gasteiger partial charge in [-0.15, -0.1) is 0 Å². The first-order chi connectivity index (χ1) is 9.74. The molecular weight excluding hydrogens is 252 g/mol. The van der Waals surface area contributed by atoms with E-state index in [2.05, 4.69) is 25.4 Å². The van der Waals surface area contributed by atoms with Crippen LogP contribution in [-0.2, 0) is 6.42 Å². The van der Waals surface area contributed by atoms with Crippen molar-refractivity contribution in [2.24, 2.45) is 0 Å². The Morgan fingerprint density at radius 1 is 1.35 bits per heavy atom. The molecule has 4 rings (SSSR count). The van der Waals surface area contributed by atoms with E-state index in [0.29, 0.717) is 0 Å². The zero-order valence-corrected chi connectivity index (χ0v) is 11.5. The van der Waals surface area contributed by atoms with Crippen LogP contribution >= 0.6 is 0 Å². The van der Waals surface area contributed by atoms with Crippen LogP contribution in [0.25, 0.3) is 5.65 Å². The molecule has 1 atom stereocenters. The van der Waals surface area contributed by atoms with Crippen LogP contribution in [0, 0.1) is 13.8 Å². The summed E-state index contributed by atoms with van der Waals surface area (Å²) in [7, 11) is 0. The van der Waals surface area contributed by atoms with E-state index in [9.17, 15) is 0 Å². The summed E-state index contributed by atoms with van der Waals surface area (Å²) in [5, 5.41) is 7.99. The Morgan fingerprint density at radius 2 is 2.25 bits per heavy atom. The highest BCUT2D eigenvalue weighted by atomic mass is 15.3. The first kappa shape index (κ1) is 11.6. The molecular formula is C14H16N6. The Hall–Kier alpha value is -2.21. The van der Waals surface area contributed by atoms with Gasteiger partial charge in [-0.3, -0.25) is 0 Å². The summed E-state index contributed by atoms with van der Waals surface area (Å²) in [5.41, 5.74) is 6.37. The second-order valence-electron chi connectivity index (χ2n) is 5.28. The van der Waals surface area contributed by atoms with E-state index in [1.165, 1.54) is 5.69 Å². The van der Waals surface area contributed by atoms with Crippen molar-refractivity contribution >= 4 is 5.65 Å². The van der Waals surface area contributed by atoms with Crippen molar-refractivity contribution in [2.45, 2.75) is 26.3 Å². The van der Waals surface area contributed by atoms with Crippen molar-refractivity contribution in [1.82, 2.24) is 29.9 Å². The SMILES string of the molecule is Cc1cc(C)n2ncc(C3NCCc4[nH]cnc43)c2n1. The molecule has 1 aliphatic rings. The predicted molar refractivity (Wildman–Crippen MR) is 74.6 cm³/mol. The third-order valence-corrected chi connectivity index (χ3v) is 3.86. The van der Waals surface area contributed by atoms with Gasteiger partial charge in [0.1, 0.15) is 0 Å². The number of hydrogen-bond donors (Lipinski definition) is 2. The lowest BCUT2D eigenvalue weighted by molar-refractivity contribution is 0.555. The molecule has 0 spiro atoms. The number of nitrogens with zero attached hydrogens (tertiary/aromatic N) is 4. The minimum absolute atomic E-state index is 0.0659. The van der Waals surface area contributed by atoms with Crippen LogP contribution in [0.2, 0.25) is 0 Å². The van der Waals surface area contributed by atoms with Gasteiger partial charge in [0.2, 0.25) is 0 Å². The minimum Gasteiger partial charge on any atom is -0.348 e. The van der Waals surface area contributed by atoms with Crippen molar-refractivity contribution < 1.29 is 0 Å². The molecule has 3 aromatic heterocycles. The molecule has 0 radical (unpaired) electrons. The van der Waals surface area contributed by atoms with Crippen LogP contribution in [-0.4, -0.2) is 31.1 Å². The molecule has 3 aromatic rings. The van der Waals surface area contributed by atoms with Crippen LogP contribution in [0.1, 0.15) is 34.4 Å². The molecule has 1 unspecified atom stereocenters. The van der Waals surface area contributed by atoms with E-state index in [0.717, 1.165) is 41.3 Å². The molecule has 6 nitrogen and oxygen atoms in total. The van der Waals surface area contributed by atoms with Crippen molar-refractivity contribution in [3.8, 4) is 0 Å². The van der Waals surface area contributed by atoms with Crippen molar-refractivity contribution in [1.29, 1.82) is 0 Å². The lowest BCUT2D eigenvalue weighted by atomic mass is 10.0. The molecule has 2 N–H and O–H groups in total. The second-order valence-corrected chi connectivity index (χ2v) is 5.28. The lowest BCUT2D eigenvalue weighted by Crippen LogP contribution is -2.30. The fourth-order valence-electron chi connectivity index (χ4n) is 2.97. The van der Waals surface area contributed by atoms with Gasteiger partial charge in [-0.25, -0.2) is 14.5 Å². The van der Waals surface area contributed by atoms with E-state index in [1.54, 1.807) is 6.33 Å². The van der Waals surface area contributed by atoms with Crippen molar-refractivity contribution in [3.63, 3.8) is 0 Å². The first-order valence-corrected chi connectivity index (χ1v) is 6.81. The minimum atomic E-state index is 0.0659. The summed E-state index contributed by atoms with van der Waals surface area (Å²) in [5.74, 6) is 0. The third kappa shape index (κ3) is 1.58. The molecule has 0 amide bonds. The maximum absolute atomic E-state index is 4.65. The summed E-state index contributed by atoms with van der Waals surface area (Å²) in [4.78, 5) is 12.3. The standard InChI is InChI=1S/C14H16N6/c1-8-5-9(2)20-14(19-8)10(6-18-20)12-13-11(3-4-15-12)16-7-17-13/h5-7,12,15H,3-4H2,1-2H3,(H,16,17). The van der Waals surface area contributed by atoms with E-state index in [4.69, 9.17) is 0 Å². The smallest absolute Gasteiger partial charge is 0.160 e. The van der Waals surface area contributed by atoms with Crippen LogP contribution in [0.5, 0.6) is 0 Å². The summed E-state index contributed by atoms with van der Waals surface area (Å²) in [6.45, 7) is 4.99. The quantitative estimate of drug-likeness (QED) is 0.698. The average molecular weight is 268 g/mol. The van der Waals surface area contributed by atoms with Gasteiger partial charge in [0.25, 0.3) is 0 Å². The van der Waals surface area contributed by atoms with Gasteiger partial charge in [0.05, 0.1) is 24.3 Å². The second kappa shape index (κ2) is 4.14. The van der Waals surface area contributed by atoms with Gasteiger partial charge >= 0.3 is 0 Å². The summed E-state index contributed by atoms with van der Waals surface area (Å²) >= 11 is 0. The molecule has 1 aliphatic heterocycles. The third-order valence-electron chi connectivity index (χ3n) is 3.86. The maximum Gasteiger partial charge on any atom is 0.160 e. The number of aromatic nitrogens is 5. The number of H-pyrrole nitrogens is 1. The zero-order valence-electron chi connectivity index (χ0n) is 11.5. The van der Waals surface area contributed by atoms with Gasteiger partial charge < -0.3 is 10.3 Å². The van der Waals surface area contributed by atoms with Crippen molar-refractivity contribution in [2.75, 3.05) is 6.54 Å². The van der Waals surface area contributed by atoms with Gasteiger partial charge in [-0.2, -0.15) is 5.10 Å². The highest BCUT2D eigenvalue weighted by Crippen LogP contribution is 2.28. The van der Waals surface area contributed by atoms with E-state index < -0.39 is 0 Å². The molecule has 0 aromatic carbocycles. The van der Waals surface area contributed by atoms with Gasteiger partial charge in [-0.05, 0) is 19.9 Å². The molecule has 4 heterocycles. The fourth-order valence-corrected chi connectivity index (χ4v) is 2.97. The molecule has 0 aliphatic carbocycles. The Bertz CT molecular complexity index is 784. The Balaban J connectivity index is 1.92. The maximum atomic E-state index is 4.65. The molecule has 0 fully saturated rings. The molecule has 0 saturated carbocycles. The van der Waals surface area contributed by atoms with Crippen LogP contribution in [0.4, 0.5) is 0 Å². The summed E-state index contributed by atoms with van der Waals surface area (Å²) < 4.78 is 1.89.